The van der Waals surface area contributed by atoms with Gasteiger partial charge in [0.1, 0.15) is 0 Å². The van der Waals surface area contributed by atoms with Crippen LogP contribution in [-0.4, -0.2) is 9.97 Å². The summed E-state index contributed by atoms with van der Waals surface area (Å²) in [6, 6.07) is 71.2. The van der Waals surface area contributed by atoms with Gasteiger partial charge in [0.2, 0.25) is 5.69 Å². The molecule has 0 bridgehead atoms. The maximum Gasteiger partial charge on any atom is 0.214 e. The number of benzene rings is 9. The van der Waals surface area contributed by atoms with Gasteiger partial charge in [0.25, 0.3) is 0 Å². The lowest BCUT2D eigenvalue weighted by atomic mass is 9.88. The minimum atomic E-state index is 0.000578. The van der Waals surface area contributed by atoms with Crippen molar-refractivity contribution < 1.29 is 0 Å². The van der Waals surface area contributed by atoms with Crippen molar-refractivity contribution in [2.45, 2.75) is 0 Å². The van der Waals surface area contributed by atoms with E-state index < -0.39 is 0 Å². The van der Waals surface area contributed by atoms with Crippen LogP contribution < -0.4 is 9.80 Å². The molecule has 10 aromatic rings. The average molecular weight is 816 g/mol. The van der Waals surface area contributed by atoms with Crippen molar-refractivity contribution in [3.05, 3.63) is 229 Å². The summed E-state index contributed by atoms with van der Waals surface area (Å²) < 4.78 is 0. The predicted molar refractivity (Wildman–Crippen MR) is 259 cm³/mol. The molecule has 0 amide bonds. The van der Waals surface area contributed by atoms with Crippen LogP contribution in [0.2, 0.25) is 0 Å². The number of hydrogen-bond acceptors (Lipinski definition) is 5. The van der Waals surface area contributed by atoms with E-state index in [9.17, 15) is 5.26 Å². The van der Waals surface area contributed by atoms with Gasteiger partial charge >= 0.3 is 0 Å². The molecule has 7 nitrogen and oxygen atoms in total. The highest BCUT2D eigenvalue weighted by Gasteiger charge is 2.29. The van der Waals surface area contributed by atoms with E-state index in [1.165, 1.54) is 0 Å². The standard InChI is InChI=1S/C57H33N7/c1-59-50-35-51-55(49(36-58)54(50)60-2)62-57-48-34-32-46(38-25-29-44(30-26-38)64(41-19-11-5-12-20-41)42-21-13-6-14-22-42)52-45(31-33-47(53(48)52)56(57)61-51)37-23-27-43(28-24-37)63(39-15-7-3-8-16-39)40-17-9-4-10-18-40/h3-35H. The molecular formula is C57H33N7. The molecule has 0 saturated heterocycles. The van der Waals surface area contributed by atoms with E-state index in [1.54, 1.807) is 6.07 Å². The fraction of sp³-hybridized carbons (Fsp3) is 0. The van der Waals surface area contributed by atoms with Gasteiger partial charge in [-0.1, -0.05) is 121 Å². The lowest BCUT2D eigenvalue weighted by molar-refractivity contribution is 1.28. The number of nitriles is 1. The molecule has 0 unspecified atom stereocenters. The summed E-state index contributed by atoms with van der Waals surface area (Å²) in [6.45, 7) is 15.6. The normalized spacial score (nSPS) is 11.1. The first kappa shape index (κ1) is 37.6. The van der Waals surface area contributed by atoms with Gasteiger partial charge in [0, 0.05) is 50.6 Å². The van der Waals surface area contributed by atoms with Crippen molar-refractivity contribution in [1.29, 1.82) is 5.26 Å². The number of hydrogen-bond donors (Lipinski definition) is 0. The van der Waals surface area contributed by atoms with E-state index in [0.29, 0.717) is 22.4 Å². The fourth-order valence-corrected chi connectivity index (χ4v) is 9.01. The number of rotatable bonds is 8. The highest BCUT2D eigenvalue weighted by molar-refractivity contribution is 6.22. The van der Waals surface area contributed by atoms with Gasteiger partial charge in [0.15, 0.2) is 5.69 Å². The van der Waals surface area contributed by atoms with Crippen molar-refractivity contribution in [1.82, 2.24) is 9.97 Å². The van der Waals surface area contributed by atoms with Gasteiger partial charge in [0.05, 0.1) is 47.2 Å². The number of fused-ring (bicyclic) bond motifs is 4. The maximum absolute atomic E-state index is 10.3. The van der Waals surface area contributed by atoms with Crippen LogP contribution in [-0.2, 0) is 0 Å². The largest absolute Gasteiger partial charge is 0.311 e. The molecule has 11 rings (SSSR count). The molecule has 1 aliphatic rings. The van der Waals surface area contributed by atoms with E-state index in [4.69, 9.17) is 23.1 Å². The highest BCUT2D eigenvalue weighted by Crippen LogP contribution is 2.52. The van der Waals surface area contributed by atoms with E-state index in [2.05, 4.69) is 195 Å². The monoisotopic (exact) mass is 815 g/mol. The Balaban J connectivity index is 1.11. The molecule has 64 heavy (non-hydrogen) atoms. The third kappa shape index (κ3) is 6.19. The predicted octanol–water partition coefficient (Wildman–Crippen LogP) is 15.7. The molecular weight excluding hydrogens is 783 g/mol. The summed E-state index contributed by atoms with van der Waals surface area (Å²) in [5.74, 6) is 0. The molecule has 1 aliphatic carbocycles. The molecule has 1 aromatic heterocycles. The third-order valence-corrected chi connectivity index (χ3v) is 11.9. The zero-order valence-corrected chi connectivity index (χ0v) is 34.2. The Bertz CT molecular complexity index is 3340. The SMILES string of the molecule is [C-]#[N+]c1cc2nc3c(nc2c(C#N)c1[N+]#[C-])-c1ccc(-c2ccc(N(c4ccccc4)c4ccccc4)cc2)c2c(-c4ccc(N(c5ccccc5)c5ccccc5)cc4)ccc-3c12. The summed E-state index contributed by atoms with van der Waals surface area (Å²) in [4.78, 5) is 21.8. The first-order chi connectivity index (χ1) is 31.6. The molecule has 0 aliphatic heterocycles. The quantitative estimate of drug-likeness (QED) is 0.143. The number of aromatic nitrogens is 2. The van der Waals surface area contributed by atoms with E-state index in [0.717, 1.165) is 78.3 Å². The van der Waals surface area contributed by atoms with Crippen LogP contribution in [0.1, 0.15) is 5.56 Å². The van der Waals surface area contributed by atoms with E-state index in [1.807, 2.05) is 24.3 Å². The molecule has 296 valence electrons. The smallest absolute Gasteiger partial charge is 0.214 e. The van der Waals surface area contributed by atoms with Gasteiger partial charge < -0.3 is 9.80 Å². The first-order valence-electron chi connectivity index (χ1n) is 20.8. The topological polar surface area (TPSA) is 64.8 Å². The van der Waals surface area contributed by atoms with Crippen LogP contribution in [0.15, 0.2) is 200 Å². The summed E-state index contributed by atoms with van der Waals surface area (Å²) in [7, 11) is 0. The Morgan fingerprint density at radius 1 is 0.422 bits per heavy atom. The van der Waals surface area contributed by atoms with Crippen molar-refractivity contribution >= 4 is 67.3 Å². The molecule has 0 N–H and O–H groups in total. The van der Waals surface area contributed by atoms with Gasteiger partial charge in [-0.05, 0) is 107 Å². The summed E-state index contributed by atoms with van der Waals surface area (Å²) >= 11 is 0. The molecule has 0 atom stereocenters. The maximum atomic E-state index is 10.3. The fourth-order valence-electron chi connectivity index (χ4n) is 9.01. The molecule has 9 aromatic carbocycles. The van der Waals surface area contributed by atoms with Crippen molar-refractivity contribution in [3.8, 4) is 50.8 Å². The second-order valence-corrected chi connectivity index (χ2v) is 15.4. The van der Waals surface area contributed by atoms with Gasteiger partial charge in [-0.25, -0.2) is 19.7 Å². The third-order valence-electron chi connectivity index (χ3n) is 11.9. The Morgan fingerprint density at radius 3 is 1.19 bits per heavy atom. The van der Waals surface area contributed by atoms with Crippen LogP contribution in [0, 0.1) is 24.5 Å². The van der Waals surface area contributed by atoms with Crippen molar-refractivity contribution in [2.24, 2.45) is 0 Å². The number of anilines is 6. The molecule has 0 radical (unpaired) electrons. The number of para-hydroxylation sites is 4. The Morgan fingerprint density at radius 2 is 0.797 bits per heavy atom. The van der Waals surface area contributed by atoms with Gasteiger partial charge in [-0.2, -0.15) is 5.26 Å². The first-order valence-corrected chi connectivity index (χ1v) is 20.8. The second-order valence-electron chi connectivity index (χ2n) is 15.4. The Labute approximate surface area is 370 Å². The molecule has 0 spiro atoms. The lowest BCUT2D eigenvalue weighted by Crippen LogP contribution is -2.09. The van der Waals surface area contributed by atoms with Crippen LogP contribution in [0.3, 0.4) is 0 Å². The van der Waals surface area contributed by atoms with E-state index in [-0.39, 0.29) is 16.9 Å². The summed E-state index contributed by atoms with van der Waals surface area (Å²) in [5, 5.41) is 12.3. The summed E-state index contributed by atoms with van der Waals surface area (Å²) in [6.07, 6.45) is 0. The second kappa shape index (κ2) is 15.6. The summed E-state index contributed by atoms with van der Waals surface area (Å²) in [5.41, 5.74) is 14.5. The minimum Gasteiger partial charge on any atom is -0.311 e. The Hall–Kier alpha value is -9.35. The van der Waals surface area contributed by atoms with Crippen molar-refractivity contribution in [3.63, 3.8) is 0 Å². The number of nitrogens with zero attached hydrogens (tertiary/aromatic N) is 7. The highest BCUT2D eigenvalue weighted by atomic mass is 15.1. The minimum absolute atomic E-state index is 0.000578. The lowest BCUT2D eigenvalue weighted by Gasteiger charge is -2.26. The molecule has 1 heterocycles. The van der Waals surface area contributed by atoms with Gasteiger partial charge in [-0.3, -0.25) is 0 Å². The average Bonchev–Trinajstić information content (AvgIpc) is 3.67. The van der Waals surface area contributed by atoms with Crippen LogP contribution in [0.4, 0.5) is 45.5 Å². The van der Waals surface area contributed by atoms with Crippen LogP contribution >= 0.6 is 0 Å². The zero-order valence-electron chi connectivity index (χ0n) is 34.2. The Kier molecular flexibility index (Phi) is 9.17. The van der Waals surface area contributed by atoms with Crippen LogP contribution in [0.5, 0.6) is 0 Å². The zero-order chi connectivity index (χ0) is 43.1. The van der Waals surface area contributed by atoms with Gasteiger partial charge in [-0.15, -0.1) is 0 Å². The molecule has 0 fully saturated rings. The van der Waals surface area contributed by atoms with Crippen LogP contribution in [0.25, 0.3) is 76.3 Å². The molecule has 7 heteroatoms. The van der Waals surface area contributed by atoms with E-state index >= 15 is 0 Å². The van der Waals surface area contributed by atoms with Crippen molar-refractivity contribution in [2.75, 3.05) is 9.80 Å². The molecule has 0 saturated carbocycles.